The van der Waals surface area contributed by atoms with Crippen LogP contribution in [-0.4, -0.2) is 22.5 Å². The van der Waals surface area contributed by atoms with Crippen molar-refractivity contribution in [1.82, 2.24) is 4.98 Å². The van der Waals surface area contributed by atoms with Crippen molar-refractivity contribution in [3.05, 3.63) is 33.6 Å². The van der Waals surface area contributed by atoms with Crippen LogP contribution in [0.15, 0.2) is 12.3 Å². The van der Waals surface area contributed by atoms with Gasteiger partial charge in [-0.15, -0.1) is 0 Å². The van der Waals surface area contributed by atoms with Crippen LogP contribution in [0, 0.1) is 10.1 Å². The molecule has 0 aromatic carbocycles. The second-order valence-corrected chi connectivity index (χ2v) is 4.82. The van der Waals surface area contributed by atoms with Crippen molar-refractivity contribution in [1.29, 1.82) is 0 Å². The van der Waals surface area contributed by atoms with Crippen LogP contribution in [0.4, 0.5) is 5.69 Å². The smallest absolute Gasteiger partial charge is 0.340 e. The van der Waals surface area contributed by atoms with Gasteiger partial charge in [0.2, 0.25) is 0 Å². The topological polar surface area (TPSA) is 82.3 Å². The van der Waals surface area contributed by atoms with Gasteiger partial charge in [-0.05, 0) is 6.92 Å². The van der Waals surface area contributed by atoms with Gasteiger partial charge in [0, 0.05) is 11.5 Å². The number of nitrogens with zero attached hydrogens (tertiary/aromatic N) is 2. The largest absolute Gasteiger partial charge is 0.462 e. The van der Waals surface area contributed by atoms with Gasteiger partial charge < -0.3 is 4.74 Å². The number of esters is 1. The summed E-state index contributed by atoms with van der Waals surface area (Å²) in [4.78, 5) is 26.0. The van der Waals surface area contributed by atoms with Crippen molar-refractivity contribution in [3.8, 4) is 0 Å². The summed E-state index contributed by atoms with van der Waals surface area (Å²) < 4.78 is 4.90. The molecule has 98 valence electrons. The summed E-state index contributed by atoms with van der Waals surface area (Å²) in [5.41, 5.74) is 0.0354. The third-order valence-corrected chi connectivity index (χ3v) is 2.29. The quantitative estimate of drug-likeness (QED) is 0.469. The Balaban J connectivity index is 3.36. The number of hydrogen-bond acceptors (Lipinski definition) is 5. The lowest BCUT2D eigenvalue weighted by atomic mass is 9.88. The molecule has 0 amide bonds. The minimum absolute atomic E-state index is 0.151. The van der Waals surface area contributed by atoms with Crippen LogP contribution in [0.1, 0.15) is 43.7 Å². The van der Waals surface area contributed by atoms with Crippen molar-refractivity contribution >= 4 is 11.7 Å². The molecule has 0 fully saturated rings. The first-order chi connectivity index (χ1) is 8.27. The first-order valence-corrected chi connectivity index (χ1v) is 5.59. The molecular weight excluding hydrogens is 236 g/mol. The Morgan fingerprint density at radius 2 is 2.11 bits per heavy atom. The lowest BCUT2D eigenvalue weighted by Crippen LogP contribution is -2.20. The van der Waals surface area contributed by atoms with Crippen molar-refractivity contribution in [2.24, 2.45) is 0 Å². The third-order valence-electron chi connectivity index (χ3n) is 2.29. The SMILES string of the molecule is CCOC(=O)c1cc([N+](=O)[O-])cnc1C(C)(C)C. The number of ether oxygens (including phenoxy) is 1. The molecule has 18 heavy (non-hydrogen) atoms. The normalized spacial score (nSPS) is 11.1. The number of aromatic nitrogens is 1. The monoisotopic (exact) mass is 252 g/mol. The highest BCUT2D eigenvalue weighted by atomic mass is 16.6. The predicted molar refractivity (Wildman–Crippen MR) is 65.5 cm³/mol. The van der Waals surface area contributed by atoms with Crippen LogP contribution in [0.3, 0.4) is 0 Å². The molecule has 0 aliphatic carbocycles. The van der Waals surface area contributed by atoms with E-state index in [1.54, 1.807) is 6.92 Å². The Labute approximate surface area is 105 Å². The molecule has 6 nitrogen and oxygen atoms in total. The lowest BCUT2D eigenvalue weighted by molar-refractivity contribution is -0.385. The fraction of sp³-hybridized carbons (Fsp3) is 0.500. The van der Waals surface area contributed by atoms with Crippen LogP contribution >= 0.6 is 0 Å². The summed E-state index contributed by atoms with van der Waals surface area (Å²) in [6.07, 6.45) is 1.16. The second-order valence-electron chi connectivity index (χ2n) is 4.82. The maximum Gasteiger partial charge on any atom is 0.340 e. The van der Waals surface area contributed by atoms with Gasteiger partial charge in [-0.2, -0.15) is 0 Å². The average molecular weight is 252 g/mol. The zero-order chi connectivity index (χ0) is 13.9. The molecule has 1 aromatic rings. The van der Waals surface area contributed by atoms with Crippen LogP contribution in [-0.2, 0) is 10.2 Å². The van der Waals surface area contributed by atoms with Crippen molar-refractivity contribution in [2.75, 3.05) is 6.61 Å². The first-order valence-electron chi connectivity index (χ1n) is 5.59. The predicted octanol–water partition coefficient (Wildman–Crippen LogP) is 2.46. The van der Waals surface area contributed by atoms with Crippen molar-refractivity contribution in [2.45, 2.75) is 33.1 Å². The summed E-state index contributed by atoms with van der Waals surface area (Å²) >= 11 is 0. The van der Waals surface area contributed by atoms with E-state index >= 15 is 0 Å². The van der Waals surface area contributed by atoms with Gasteiger partial charge in [-0.25, -0.2) is 4.79 Å². The van der Waals surface area contributed by atoms with Crippen LogP contribution in [0.2, 0.25) is 0 Å². The number of carbonyl (C=O) groups excluding carboxylic acids is 1. The van der Waals surface area contributed by atoms with E-state index in [1.807, 2.05) is 20.8 Å². The molecule has 0 saturated heterocycles. The zero-order valence-corrected chi connectivity index (χ0v) is 10.9. The summed E-state index contributed by atoms with van der Waals surface area (Å²) in [5, 5.41) is 10.7. The van der Waals surface area contributed by atoms with Crippen LogP contribution < -0.4 is 0 Å². The molecule has 1 aromatic heterocycles. The molecule has 0 saturated carbocycles. The van der Waals surface area contributed by atoms with E-state index in [0.717, 1.165) is 6.20 Å². The highest BCUT2D eigenvalue weighted by Crippen LogP contribution is 2.26. The molecule has 1 heterocycles. The fourth-order valence-corrected chi connectivity index (χ4v) is 1.52. The molecule has 0 N–H and O–H groups in total. The molecule has 1 rings (SSSR count). The molecule has 0 bridgehead atoms. The molecular formula is C12H16N2O4. The molecule has 0 spiro atoms. The van der Waals surface area contributed by atoms with Gasteiger partial charge in [-0.3, -0.25) is 15.1 Å². The maximum absolute atomic E-state index is 11.8. The Morgan fingerprint density at radius 1 is 1.50 bits per heavy atom. The van der Waals surface area contributed by atoms with Gasteiger partial charge in [-0.1, -0.05) is 20.8 Å². The highest BCUT2D eigenvalue weighted by molar-refractivity contribution is 5.91. The Bertz CT molecular complexity index is 477. The summed E-state index contributed by atoms with van der Waals surface area (Å²) in [6.45, 7) is 7.53. The van der Waals surface area contributed by atoms with Gasteiger partial charge in [0.1, 0.15) is 6.20 Å². The summed E-state index contributed by atoms with van der Waals surface area (Å²) in [6, 6.07) is 1.21. The standard InChI is InChI=1S/C12H16N2O4/c1-5-18-11(15)9-6-8(14(16)17)7-13-10(9)12(2,3)4/h6-7H,5H2,1-4H3. The number of carbonyl (C=O) groups is 1. The Kier molecular flexibility index (Phi) is 4.00. The molecule has 0 radical (unpaired) electrons. The van der Waals surface area contributed by atoms with Gasteiger partial charge in [0.15, 0.2) is 0 Å². The highest BCUT2D eigenvalue weighted by Gasteiger charge is 2.26. The maximum atomic E-state index is 11.8. The number of nitro groups is 1. The Morgan fingerprint density at radius 3 is 2.56 bits per heavy atom. The minimum atomic E-state index is -0.585. The van der Waals surface area contributed by atoms with E-state index < -0.39 is 16.3 Å². The molecule has 0 aliphatic rings. The van der Waals surface area contributed by atoms with Crippen LogP contribution in [0.25, 0.3) is 0 Å². The second kappa shape index (κ2) is 5.12. The van der Waals surface area contributed by atoms with Crippen molar-refractivity contribution < 1.29 is 14.5 Å². The third kappa shape index (κ3) is 3.03. The molecule has 0 atom stereocenters. The van der Waals surface area contributed by atoms with E-state index in [4.69, 9.17) is 4.74 Å². The number of hydrogen-bond donors (Lipinski definition) is 0. The minimum Gasteiger partial charge on any atom is -0.462 e. The lowest BCUT2D eigenvalue weighted by Gasteiger charge is -2.20. The van der Waals surface area contributed by atoms with E-state index in [9.17, 15) is 14.9 Å². The van der Waals surface area contributed by atoms with E-state index in [-0.39, 0.29) is 17.9 Å². The van der Waals surface area contributed by atoms with E-state index in [2.05, 4.69) is 4.98 Å². The van der Waals surface area contributed by atoms with Crippen molar-refractivity contribution in [3.63, 3.8) is 0 Å². The first kappa shape index (κ1) is 14.1. The number of pyridine rings is 1. The average Bonchev–Trinajstić information content (AvgIpc) is 2.27. The van der Waals surface area contributed by atoms with Gasteiger partial charge in [0.05, 0.1) is 22.8 Å². The number of rotatable bonds is 3. The van der Waals surface area contributed by atoms with E-state index in [1.165, 1.54) is 6.07 Å². The fourth-order valence-electron chi connectivity index (χ4n) is 1.52. The van der Waals surface area contributed by atoms with Gasteiger partial charge in [0.25, 0.3) is 5.69 Å². The Hall–Kier alpha value is -1.98. The summed E-state index contributed by atoms with van der Waals surface area (Å²) in [7, 11) is 0. The zero-order valence-electron chi connectivity index (χ0n) is 10.9. The molecule has 0 aliphatic heterocycles. The summed E-state index contributed by atoms with van der Waals surface area (Å²) in [5.74, 6) is -0.585. The molecule has 6 heteroatoms. The van der Waals surface area contributed by atoms with Crippen LogP contribution in [0.5, 0.6) is 0 Å². The molecule has 0 unspecified atom stereocenters. The van der Waals surface area contributed by atoms with E-state index in [0.29, 0.717) is 5.69 Å². The van der Waals surface area contributed by atoms with Gasteiger partial charge >= 0.3 is 5.97 Å².